The van der Waals surface area contributed by atoms with Gasteiger partial charge in [0.05, 0.1) is 33.4 Å². The predicted molar refractivity (Wildman–Crippen MR) is 78.6 cm³/mol. The maximum atomic E-state index is 12.0. The molecular weight excluding hydrogens is 274 g/mol. The molecule has 6 heteroatoms. The van der Waals surface area contributed by atoms with Crippen LogP contribution in [0.5, 0.6) is 11.5 Å². The molecule has 0 fully saturated rings. The maximum absolute atomic E-state index is 12.0. The lowest BCUT2D eigenvalue weighted by Crippen LogP contribution is -2.36. The molecule has 0 spiro atoms. The fourth-order valence-corrected chi connectivity index (χ4v) is 1.77. The minimum absolute atomic E-state index is 0.0605. The summed E-state index contributed by atoms with van der Waals surface area (Å²) < 4.78 is 15.5. The number of carbonyl (C=O) groups excluding carboxylic acids is 1. The molecule has 6 nitrogen and oxygen atoms in total. The molecule has 1 amide bonds. The van der Waals surface area contributed by atoms with Gasteiger partial charge in [-0.3, -0.25) is 4.79 Å². The Labute approximate surface area is 125 Å². The van der Waals surface area contributed by atoms with Crippen molar-refractivity contribution in [3.63, 3.8) is 0 Å². The quantitative estimate of drug-likeness (QED) is 0.696. The van der Waals surface area contributed by atoms with Crippen LogP contribution in [0, 0.1) is 0 Å². The van der Waals surface area contributed by atoms with Crippen molar-refractivity contribution in [1.82, 2.24) is 4.90 Å². The minimum atomic E-state index is -0.0607. The van der Waals surface area contributed by atoms with Crippen molar-refractivity contribution in [3.8, 4) is 11.5 Å². The SMILES string of the molecule is COCCN(CCO)C(=O)CCOc1ccc(OC)cc1. The minimum Gasteiger partial charge on any atom is -0.497 e. The maximum Gasteiger partial charge on any atom is 0.226 e. The summed E-state index contributed by atoms with van der Waals surface area (Å²) in [6.07, 6.45) is 0.260. The van der Waals surface area contributed by atoms with Crippen LogP contribution in [0.3, 0.4) is 0 Å². The van der Waals surface area contributed by atoms with Gasteiger partial charge in [0.15, 0.2) is 0 Å². The van der Waals surface area contributed by atoms with Gasteiger partial charge in [-0.05, 0) is 24.3 Å². The molecule has 1 rings (SSSR count). The highest BCUT2D eigenvalue weighted by Crippen LogP contribution is 2.17. The lowest BCUT2D eigenvalue weighted by atomic mass is 10.3. The van der Waals surface area contributed by atoms with Crippen LogP contribution in [0.2, 0.25) is 0 Å². The summed E-state index contributed by atoms with van der Waals surface area (Å²) in [5.74, 6) is 1.39. The fourth-order valence-electron chi connectivity index (χ4n) is 1.77. The van der Waals surface area contributed by atoms with E-state index in [-0.39, 0.29) is 18.9 Å². The first-order valence-corrected chi connectivity index (χ1v) is 6.85. The Hall–Kier alpha value is -1.79. The summed E-state index contributed by atoms with van der Waals surface area (Å²) in [4.78, 5) is 13.6. The topological polar surface area (TPSA) is 68.2 Å². The summed E-state index contributed by atoms with van der Waals surface area (Å²) in [5.41, 5.74) is 0. The molecular formula is C15H23NO5. The van der Waals surface area contributed by atoms with Gasteiger partial charge in [0.25, 0.3) is 0 Å². The molecule has 21 heavy (non-hydrogen) atoms. The van der Waals surface area contributed by atoms with E-state index < -0.39 is 0 Å². The van der Waals surface area contributed by atoms with Crippen LogP contribution in [0.1, 0.15) is 6.42 Å². The van der Waals surface area contributed by atoms with Crippen molar-refractivity contribution >= 4 is 5.91 Å². The monoisotopic (exact) mass is 297 g/mol. The highest BCUT2D eigenvalue weighted by Gasteiger charge is 2.12. The molecule has 0 saturated carbocycles. The Balaban J connectivity index is 2.35. The second kappa shape index (κ2) is 10.0. The van der Waals surface area contributed by atoms with Gasteiger partial charge in [-0.15, -0.1) is 0 Å². The Bertz CT molecular complexity index is 407. The average molecular weight is 297 g/mol. The van der Waals surface area contributed by atoms with Crippen molar-refractivity contribution in [1.29, 1.82) is 0 Å². The predicted octanol–water partition coefficient (Wildman–Crippen LogP) is 0.931. The van der Waals surface area contributed by atoms with Crippen LogP contribution in [0.4, 0.5) is 0 Å². The normalized spacial score (nSPS) is 10.2. The molecule has 0 radical (unpaired) electrons. The summed E-state index contributed by atoms with van der Waals surface area (Å²) in [6, 6.07) is 7.18. The van der Waals surface area contributed by atoms with Crippen LogP contribution in [-0.2, 0) is 9.53 Å². The molecule has 118 valence electrons. The van der Waals surface area contributed by atoms with Crippen LogP contribution in [-0.4, -0.2) is 63.0 Å². The van der Waals surface area contributed by atoms with Gasteiger partial charge < -0.3 is 24.2 Å². The number of ether oxygens (including phenoxy) is 3. The third-order valence-electron chi connectivity index (χ3n) is 2.93. The Morgan fingerprint density at radius 1 is 1.10 bits per heavy atom. The summed E-state index contributed by atoms with van der Waals surface area (Å²) in [5, 5.41) is 8.96. The van der Waals surface area contributed by atoms with Crippen LogP contribution in [0.15, 0.2) is 24.3 Å². The second-order valence-electron chi connectivity index (χ2n) is 4.37. The van der Waals surface area contributed by atoms with Gasteiger partial charge in [0.1, 0.15) is 11.5 Å². The number of amides is 1. The first-order valence-electron chi connectivity index (χ1n) is 6.85. The molecule has 0 aliphatic rings. The zero-order valence-electron chi connectivity index (χ0n) is 12.6. The molecule has 1 aromatic rings. The average Bonchev–Trinajstić information content (AvgIpc) is 2.52. The lowest BCUT2D eigenvalue weighted by molar-refractivity contribution is -0.132. The van der Waals surface area contributed by atoms with Crippen molar-refractivity contribution < 1.29 is 24.1 Å². The molecule has 0 heterocycles. The molecule has 0 atom stereocenters. The number of hydrogen-bond acceptors (Lipinski definition) is 5. The zero-order valence-corrected chi connectivity index (χ0v) is 12.6. The highest BCUT2D eigenvalue weighted by molar-refractivity contribution is 5.76. The standard InChI is InChI=1S/C15H23NO5/c1-19-12-9-16(8-10-17)15(18)7-11-21-14-5-3-13(20-2)4-6-14/h3-6,17H,7-12H2,1-2H3. The largest absolute Gasteiger partial charge is 0.497 e. The van der Waals surface area contributed by atoms with E-state index in [1.54, 1.807) is 43.4 Å². The fraction of sp³-hybridized carbons (Fsp3) is 0.533. The number of aliphatic hydroxyl groups excluding tert-OH is 1. The van der Waals surface area contributed by atoms with Gasteiger partial charge in [0.2, 0.25) is 5.91 Å². The van der Waals surface area contributed by atoms with Crippen molar-refractivity contribution in [2.45, 2.75) is 6.42 Å². The van der Waals surface area contributed by atoms with Crippen LogP contribution in [0.25, 0.3) is 0 Å². The van der Waals surface area contributed by atoms with Crippen molar-refractivity contribution in [3.05, 3.63) is 24.3 Å². The first kappa shape index (κ1) is 17.3. The number of benzene rings is 1. The van der Waals surface area contributed by atoms with Crippen LogP contribution < -0.4 is 9.47 Å². The van der Waals surface area contributed by atoms with E-state index in [9.17, 15) is 4.79 Å². The van der Waals surface area contributed by atoms with Gasteiger partial charge in [-0.2, -0.15) is 0 Å². The molecule has 0 unspecified atom stereocenters. The molecule has 0 bridgehead atoms. The number of aliphatic hydroxyl groups is 1. The number of nitrogens with zero attached hydrogens (tertiary/aromatic N) is 1. The van der Waals surface area contributed by atoms with Crippen LogP contribution >= 0.6 is 0 Å². The van der Waals surface area contributed by atoms with E-state index in [4.69, 9.17) is 19.3 Å². The summed E-state index contributed by atoms with van der Waals surface area (Å²) in [6.45, 7) is 1.46. The molecule has 1 N–H and O–H groups in total. The van der Waals surface area contributed by atoms with Gasteiger partial charge in [-0.1, -0.05) is 0 Å². The van der Waals surface area contributed by atoms with Crippen molar-refractivity contribution in [2.24, 2.45) is 0 Å². The number of methoxy groups -OCH3 is 2. The molecule has 0 aliphatic heterocycles. The third-order valence-corrected chi connectivity index (χ3v) is 2.93. The number of rotatable bonds is 10. The number of carbonyl (C=O) groups is 1. The highest BCUT2D eigenvalue weighted by atomic mass is 16.5. The Kier molecular flexibility index (Phi) is 8.23. The zero-order chi connectivity index (χ0) is 15.5. The second-order valence-corrected chi connectivity index (χ2v) is 4.37. The van der Waals surface area contributed by atoms with E-state index in [0.717, 1.165) is 5.75 Å². The first-order chi connectivity index (χ1) is 10.2. The molecule has 1 aromatic carbocycles. The molecule has 0 aromatic heterocycles. The van der Waals surface area contributed by atoms with Crippen molar-refractivity contribution in [2.75, 3.05) is 47.1 Å². The Morgan fingerprint density at radius 3 is 2.33 bits per heavy atom. The summed E-state index contributed by atoms with van der Waals surface area (Å²) >= 11 is 0. The third kappa shape index (κ3) is 6.46. The van der Waals surface area contributed by atoms with E-state index in [1.165, 1.54) is 0 Å². The molecule has 0 saturated heterocycles. The van der Waals surface area contributed by atoms with E-state index in [1.807, 2.05) is 0 Å². The van der Waals surface area contributed by atoms with E-state index in [2.05, 4.69) is 0 Å². The molecule has 0 aliphatic carbocycles. The smallest absolute Gasteiger partial charge is 0.226 e. The van der Waals surface area contributed by atoms with Gasteiger partial charge in [-0.25, -0.2) is 0 Å². The van der Waals surface area contributed by atoms with Gasteiger partial charge in [0, 0.05) is 20.2 Å². The van der Waals surface area contributed by atoms with Gasteiger partial charge >= 0.3 is 0 Å². The lowest BCUT2D eigenvalue weighted by Gasteiger charge is -2.21. The number of hydrogen-bond donors (Lipinski definition) is 1. The van der Waals surface area contributed by atoms with E-state index >= 15 is 0 Å². The summed E-state index contributed by atoms with van der Waals surface area (Å²) in [7, 11) is 3.18. The van der Waals surface area contributed by atoms with E-state index in [0.29, 0.717) is 32.1 Å². The Morgan fingerprint density at radius 2 is 1.76 bits per heavy atom.